The lowest BCUT2D eigenvalue weighted by Gasteiger charge is -2.12. The van der Waals surface area contributed by atoms with Gasteiger partial charge in [-0.05, 0) is 55.0 Å². The standard InChI is InChI=1S/C23H24F6N2O8S2/c1-3-15-41(34,35)39-31-21(23(27,28)29)17-7-11-19(12-8-17)37-14-4-13-36-18-9-5-16(6-10-18)20(22(24,25)26)30-38-40(2,32)33/h5-12H,3-4,13-15H2,1-2H3. The summed E-state index contributed by atoms with van der Waals surface area (Å²) in [7, 11) is -8.51. The van der Waals surface area contributed by atoms with Crippen LogP contribution < -0.4 is 9.47 Å². The van der Waals surface area contributed by atoms with E-state index in [1.54, 1.807) is 0 Å². The molecule has 0 heterocycles. The minimum atomic E-state index is -5.00. The fraction of sp³-hybridized carbons (Fsp3) is 0.391. The molecule has 0 aliphatic heterocycles. The zero-order chi connectivity index (χ0) is 30.9. The van der Waals surface area contributed by atoms with E-state index < -0.39 is 60.9 Å². The van der Waals surface area contributed by atoms with Crippen LogP contribution in [0, 0.1) is 0 Å². The minimum absolute atomic E-state index is 0.0588. The number of oxime groups is 2. The van der Waals surface area contributed by atoms with E-state index in [4.69, 9.17) is 9.47 Å². The van der Waals surface area contributed by atoms with Crippen molar-refractivity contribution in [2.75, 3.05) is 25.2 Å². The van der Waals surface area contributed by atoms with Crippen LogP contribution in [0.3, 0.4) is 0 Å². The summed E-state index contributed by atoms with van der Waals surface area (Å²) in [6.45, 7) is 1.63. The zero-order valence-electron chi connectivity index (χ0n) is 21.4. The topological polar surface area (TPSA) is 130 Å². The summed E-state index contributed by atoms with van der Waals surface area (Å²) < 4.78 is 144. The van der Waals surface area contributed by atoms with Crippen molar-refractivity contribution in [1.29, 1.82) is 0 Å². The van der Waals surface area contributed by atoms with E-state index in [9.17, 15) is 43.2 Å². The second-order valence-electron chi connectivity index (χ2n) is 8.09. The van der Waals surface area contributed by atoms with Crippen molar-refractivity contribution in [1.82, 2.24) is 0 Å². The first-order valence-electron chi connectivity index (χ1n) is 11.5. The molecule has 0 atom stereocenters. The van der Waals surface area contributed by atoms with E-state index in [-0.39, 0.29) is 37.6 Å². The average molecular weight is 635 g/mol. The van der Waals surface area contributed by atoms with Gasteiger partial charge in [0.05, 0.1) is 25.2 Å². The number of benzene rings is 2. The highest BCUT2D eigenvalue weighted by atomic mass is 32.2. The van der Waals surface area contributed by atoms with Gasteiger partial charge in [-0.2, -0.15) is 43.2 Å². The molecule has 0 unspecified atom stereocenters. The fourth-order valence-electron chi connectivity index (χ4n) is 2.88. The number of hydrogen-bond donors (Lipinski definition) is 0. The third kappa shape index (κ3) is 11.8. The Morgan fingerprint density at radius 3 is 1.44 bits per heavy atom. The molecule has 2 rings (SSSR count). The van der Waals surface area contributed by atoms with Crippen LogP contribution in [0.5, 0.6) is 11.5 Å². The largest absolute Gasteiger partial charge is 0.493 e. The smallest absolute Gasteiger partial charge is 0.437 e. The molecular weight excluding hydrogens is 610 g/mol. The summed E-state index contributed by atoms with van der Waals surface area (Å²) in [5.74, 6) is -0.125. The summed E-state index contributed by atoms with van der Waals surface area (Å²) in [5, 5.41) is 5.49. The average Bonchev–Trinajstić information content (AvgIpc) is 2.83. The summed E-state index contributed by atoms with van der Waals surface area (Å²) in [4.78, 5) is 0. The summed E-state index contributed by atoms with van der Waals surface area (Å²) in [6, 6.07) is 8.89. The van der Waals surface area contributed by atoms with Crippen LogP contribution in [0.2, 0.25) is 0 Å². The van der Waals surface area contributed by atoms with Gasteiger partial charge < -0.3 is 9.47 Å². The lowest BCUT2D eigenvalue weighted by atomic mass is 10.1. The molecule has 0 aliphatic carbocycles. The Balaban J connectivity index is 1.92. The molecule has 2 aromatic rings. The second kappa shape index (κ2) is 13.9. The first-order chi connectivity index (χ1) is 18.9. The molecule has 0 aliphatic rings. The molecule has 0 N–H and O–H groups in total. The van der Waals surface area contributed by atoms with E-state index in [0.717, 1.165) is 24.3 Å². The van der Waals surface area contributed by atoms with Crippen molar-refractivity contribution < 1.29 is 61.2 Å². The summed E-state index contributed by atoms with van der Waals surface area (Å²) in [5.41, 5.74) is -4.02. The predicted octanol–water partition coefficient (Wildman–Crippen LogP) is 4.80. The summed E-state index contributed by atoms with van der Waals surface area (Å²) >= 11 is 0. The fourth-order valence-corrected chi connectivity index (χ4v) is 3.85. The van der Waals surface area contributed by atoms with Gasteiger partial charge >= 0.3 is 32.6 Å². The number of ether oxygens (including phenoxy) is 2. The lowest BCUT2D eigenvalue weighted by Crippen LogP contribution is -2.25. The Morgan fingerprint density at radius 2 is 1.10 bits per heavy atom. The third-order valence-corrected chi connectivity index (χ3v) is 6.13. The molecule has 0 saturated heterocycles. The van der Waals surface area contributed by atoms with E-state index in [2.05, 4.69) is 18.9 Å². The quantitative estimate of drug-likeness (QED) is 0.125. The molecule has 41 heavy (non-hydrogen) atoms. The Morgan fingerprint density at radius 1 is 0.707 bits per heavy atom. The summed E-state index contributed by atoms with van der Waals surface area (Å²) in [6.07, 6.45) is -9.04. The first-order valence-corrected chi connectivity index (χ1v) is 14.9. The molecule has 0 aromatic heterocycles. The highest BCUT2D eigenvalue weighted by Gasteiger charge is 2.39. The lowest BCUT2D eigenvalue weighted by molar-refractivity contribution is -0.0606. The number of hydrogen-bond acceptors (Lipinski definition) is 10. The molecule has 0 bridgehead atoms. The van der Waals surface area contributed by atoms with Gasteiger partial charge in [-0.3, -0.25) is 8.57 Å². The van der Waals surface area contributed by atoms with Crippen LogP contribution in [0.4, 0.5) is 26.3 Å². The molecule has 10 nitrogen and oxygen atoms in total. The Bertz CT molecular complexity index is 1420. The van der Waals surface area contributed by atoms with Crippen molar-refractivity contribution in [3.05, 3.63) is 59.7 Å². The van der Waals surface area contributed by atoms with Crippen LogP contribution in [0.25, 0.3) is 0 Å². The maximum atomic E-state index is 13.4. The number of rotatable bonds is 14. The van der Waals surface area contributed by atoms with Gasteiger partial charge in [0.1, 0.15) is 11.5 Å². The van der Waals surface area contributed by atoms with Crippen molar-refractivity contribution >= 4 is 31.7 Å². The Labute approximate surface area is 231 Å². The first kappa shape index (κ1) is 33.7. The molecule has 0 amide bonds. The number of alkyl halides is 6. The molecule has 2 aromatic carbocycles. The van der Waals surface area contributed by atoms with Gasteiger partial charge in [0.2, 0.25) is 0 Å². The minimum Gasteiger partial charge on any atom is -0.493 e. The molecular formula is C23H24F6N2O8S2. The molecule has 228 valence electrons. The monoisotopic (exact) mass is 634 g/mol. The SMILES string of the molecule is CCCS(=O)(=O)ON=C(c1ccc(OCCCOc2ccc(C(=NOS(C)(=O)=O)C(F)(F)F)cc2)cc1)C(F)(F)F. The van der Waals surface area contributed by atoms with Gasteiger partial charge in [0.15, 0.2) is 11.4 Å². The van der Waals surface area contributed by atoms with Gasteiger partial charge in [-0.25, -0.2) is 0 Å². The van der Waals surface area contributed by atoms with Gasteiger partial charge in [-0.15, -0.1) is 0 Å². The molecule has 0 spiro atoms. The van der Waals surface area contributed by atoms with Crippen LogP contribution in [-0.4, -0.2) is 65.8 Å². The van der Waals surface area contributed by atoms with Gasteiger partial charge in [0, 0.05) is 17.5 Å². The third-order valence-electron chi connectivity index (χ3n) is 4.58. The number of halogens is 6. The molecule has 0 saturated carbocycles. The van der Waals surface area contributed by atoms with E-state index >= 15 is 0 Å². The Hall–Kier alpha value is -3.54. The highest BCUT2D eigenvalue weighted by Crippen LogP contribution is 2.26. The maximum absolute atomic E-state index is 13.4. The van der Waals surface area contributed by atoms with Gasteiger partial charge in [-0.1, -0.05) is 17.2 Å². The van der Waals surface area contributed by atoms with Crippen molar-refractivity contribution in [2.24, 2.45) is 10.3 Å². The second-order valence-corrected chi connectivity index (χ2v) is 11.3. The Kier molecular flexibility index (Phi) is 11.4. The maximum Gasteiger partial charge on any atom is 0.437 e. The van der Waals surface area contributed by atoms with Crippen molar-refractivity contribution in [2.45, 2.75) is 32.1 Å². The van der Waals surface area contributed by atoms with Crippen molar-refractivity contribution in [3.63, 3.8) is 0 Å². The van der Waals surface area contributed by atoms with Crippen LogP contribution in [-0.2, 0) is 28.8 Å². The molecule has 0 radical (unpaired) electrons. The molecule has 18 heteroatoms. The van der Waals surface area contributed by atoms with Crippen LogP contribution in [0.1, 0.15) is 30.9 Å². The van der Waals surface area contributed by atoms with E-state index in [1.807, 2.05) is 0 Å². The molecule has 0 fully saturated rings. The van der Waals surface area contributed by atoms with E-state index in [1.165, 1.54) is 31.2 Å². The number of nitrogens with zero attached hydrogens (tertiary/aromatic N) is 2. The predicted molar refractivity (Wildman–Crippen MR) is 135 cm³/mol. The van der Waals surface area contributed by atoms with E-state index in [0.29, 0.717) is 6.26 Å². The highest BCUT2D eigenvalue weighted by molar-refractivity contribution is 7.86. The van der Waals surface area contributed by atoms with Crippen molar-refractivity contribution in [3.8, 4) is 11.5 Å². The zero-order valence-corrected chi connectivity index (χ0v) is 23.0. The van der Waals surface area contributed by atoms with Crippen LogP contribution in [0.15, 0.2) is 58.8 Å². The normalized spacial score (nSPS) is 13.6. The van der Waals surface area contributed by atoms with Crippen LogP contribution >= 0.6 is 0 Å². The van der Waals surface area contributed by atoms with Gasteiger partial charge in [0.25, 0.3) is 0 Å².